The van der Waals surface area contributed by atoms with Crippen LogP contribution in [0.5, 0.6) is 0 Å². The van der Waals surface area contributed by atoms with Gasteiger partial charge in [-0.25, -0.2) is 0 Å². The van der Waals surface area contributed by atoms with Crippen LogP contribution in [0, 0.1) is 0 Å². The summed E-state index contributed by atoms with van der Waals surface area (Å²) in [6.07, 6.45) is 3.18. The number of hydrogen-bond donors (Lipinski definition) is 2. The molecular weight excluding hydrogens is 338 g/mol. The van der Waals surface area contributed by atoms with Gasteiger partial charge in [0, 0.05) is 30.9 Å². The lowest BCUT2D eigenvalue weighted by atomic mass is 10.1. The average Bonchev–Trinajstić information content (AvgIpc) is 3.26. The molecule has 5 nitrogen and oxygen atoms in total. The summed E-state index contributed by atoms with van der Waals surface area (Å²) in [4.78, 5) is 26.3. The second kappa shape index (κ2) is 9.21. The van der Waals surface area contributed by atoms with E-state index in [1.165, 1.54) is 5.56 Å². The van der Waals surface area contributed by atoms with Crippen LogP contribution in [-0.4, -0.2) is 36.3 Å². The Morgan fingerprint density at radius 2 is 1.56 bits per heavy atom. The third kappa shape index (κ3) is 5.33. The highest BCUT2D eigenvalue weighted by molar-refractivity contribution is 5.94. The molecule has 1 aliphatic heterocycles. The minimum absolute atomic E-state index is 0.0632. The molecule has 2 aromatic carbocycles. The van der Waals surface area contributed by atoms with E-state index in [0.717, 1.165) is 43.6 Å². The van der Waals surface area contributed by atoms with Gasteiger partial charge in [-0.1, -0.05) is 31.2 Å². The van der Waals surface area contributed by atoms with Crippen molar-refractivity contribution in [3.63, 3.8) is 0 Å². The van der Waals surface area contributed by atoms with Crippen molar-refractivity contribution in [2.75, 3.05) is 25.0 Å². The smallest absolute Gasteiger partial charge is 0.253 e. The van der Waals surface area contributed by atoms with E-state index < -0.39 is 0 Å². The van der Waals surface area contributed by atoms with Crippen LogP contribution in [0.3, 0.4) is 0 Å². The van der Waals surface area contributed by atoms with Crippen molar-refractivity contribution < 1.29 is 9.59 Å². The number of benzene rings is 2. The summed E-state index contributed by atoms with van der Waals surface area (Å²) >= 11 is 0. The molecule has 142 valence electrons. The molecule has 0 bridgehead atoms. The Hall–Kier alpha value is -2.82. The van der Waals surface area contributed by atoms with Crippen LogP contribution in [0.1, 0.15) is 41.3 Å². The van der Waals surface area contributed by atoms with Crippen molar-refractivity contribution in [1.29, 1.82) is 0 Å². The van der Waals surface area contributed by atoms with Crippen molar-refractivity contribution in [2.45, 2.75) is 32.7 Å². The molecule has 2 amide bonds. The van der Waals surface area contributed by atoms with E-state index in [2.05, 4.69) is 29.7 Å². The number of anilines is 1. The second-order valence-corrected chi connectivity index (χ2v) is 6.88. The fraction of sp³-hybridized carbons (Fsp3) is 0.364. The van der Waals surface area contributed by atoms with Gasteiger partial charge in [0.15, 0.2) is 0 Å². The van der Waals surface area contributed by atoms with E-state index in [-0.39, 0.29) is 18.4 Å². The molecule has 3 rings (SSSR count). The fourth-order valence-electron chi connectivity index (χ4n) is 3.17. The van der Waals surface area contributed by atoms with Crippen molar-refractivity contribution in [3.8, 4) is 0 Å². The van der Waals surface area contributed by atoms with Gasteiger partial charge in [0.1, 0.15) is 0 Å². The lowest BCUT2D eigenvalue weighted by molar-refractivity contribution is -0.119. The standard InChI is InChI=1S/C22H27N3O2/c1-2-17-7-11-20(12-8-17)23-16-21(26)24-15-18-5-9-19(10-6-18)22(27)25-13-3-4-14-25/h5-12,23H,2-4,13-16H2,1H3,(H,24,26). The minimum Gasteiger partial charge on any atom is -0.376 e. The normalized spacial score (nSPS) is 13.4. The lowest BCUT2D eigenvalue weighted by Crippen LogP contribution is -2.29. The predicted molar refractivity (Wildman–Crippen MR) is 108 cm³/mol. The van der Waals surface area contributed by atoms with E-state index >= 15 is 0 Å². The van der Waals surface area contributed by atoms with Gasteiger partial charge in [0.05, 0.1) is 6.54 Å². The van der Waals surface area contributed by atoms with Crippen molar-refractivity contribution in [1.82, 2.24) is 10.2 Å². The number of rotatable bonds is 7. The topological polar surface area (TPSA) is 61.4 Å². The Balaban J connectivity index is 1.43. The van der Waals surface area contributed by atoms with E-state index in [1.807, 2.05) is 41.3 Å². The van der Waals surface area contributed by atoms with Crippen LogP contribution >= 0.6 is 0 Å². The van der Waals surface area contributed by atoms with E-state index in [9.17, 15) is 9.59 Å². The molecule has 0 radical (unpaired) electrons. The van der Waals surface area contributed by atoms with Gasteiger partial charge in [0.25, 0.3) is 5.91 Å². The minimum atomic E-state index is -0.0632. The Labute approximate surface area is 160 Å². The van der Waals surface area contributed by atoms with Crippen LogP contribution in [0.4, 0.5) is 5.69 Å². The molecule has 1 fully saturated rings. The Bertz CT molecular complexity index is 763. The van der Waals surface area contributed by atoms with Crippen LogP contribution in [0.2, 0.25) is 0 Å². The van der Waals surface area contributed by atoms with Gasteiger partial charge in [-0.15, -0.1) is 0 Å². The van der Waals surface area contributed by atoms with Crippen molar-refractivity contribution >= 4 is 17.5 Å². The number of amides is 2. The molecule has 2 N–H and O–H groups in total. The molecule has 1 aliphatic rings. The third-order valence-electron chi connectivity index (χ3n) is 4.90. The summed E-state index contributed by atoms with van der Waals surface area (Å²) < 4.78 is 0. The predicted octanol–water partition coefficient (Wildman–Crippen LogP) is 3.21. The zero-order valence-electron chi connectivity index (χ0n) is 15.8. The summed E-state index contributed by atoms with van der Waals surface area (Å²) in [5.41, 5.74) is 3.90. The number of carbonyl (C=O) groups is 2. The summed E-state index contributed by atoms with van der Waals surface area (Å²) in [6, 6.07) is 15.6. The molecule has 0 unspecified atom stereocenters. The zero-order chi connectivity index (χ0) is 19.1. The number of carbonyl (C=O) groups excluding carboxylic acids is 2. The molecule has 1 saturated heterocycles. The SMILES string of the molecule is CCc1ccc(NCC(=O)NCc2ccc(C(=O)N3CCCC3)cc2)cc1. The van der Waals surface area contributed by atoms with Crippen molar-refractivity contribution in [3.05, 3.63) is 65.2 Å². The van der Waals surface area contributed by atoms with Crippen LogP contribution in [0.25, 0.3) is 0 Å². The molecule has 2 aromatic rings. The monoisotopic (exact) mass is 365 g/mol. The van der Waals surface area contributed by atoms with Gasteiger partial charge < -0.3 is 15.5 Å². The molecule has 27 heavy (non-hydrogen) atoms. The maximum atomic E-state index is 12.3. The summed E-state index contributed by atoms with van der Waals surface area (Å²) in [5, 5.41) is 6.02. The lowest BCUT2D eigenvalue weighted by Gasteiger charge is -2.15. The molecule has 0 spiro atoms. The third-order valence-corrected chi connectivity index (χ3v) is 4.90. The van der Waals surface area contributed by atoms with Crippen LogP contribution < -0.4 is 10.6 Å². The fourth-order valence-corrected chi connectivity index (χ4v) is 3.17. The maximum absolute atomic E-state index is 12.3. The van der Waals surface area contributed by atoms with E-state index in [4.69, 9.17) is 0 Å². The number of nitrogens with one attached hydrogen (secondary N) is 2. The van der Waals surface area contributed by atoms with Gasteiger partial charge >= 0.3 is 0 Å². The average molecular weight is 365 g/mol. The van der Waals surface area contributed by atoms with Crippen molar-refractivity contribution in [2.24, 2.45) is 0 Å². The molecule has 0 aromatic heterocycles. The second-order valence-electron chi connectivity index (χ2n) is 6.88. The quantitative estimate of drug-likeness (QED) is 0.792. The summed E-state index contributed by atoms with van der Waals surface area (Å²) in [5.74, 6) is 0.0353. The molecule has 0 atom stereocenters. The van der Waals surface area contributed by atoms with E-state index in [1.54, 1.807) is 0 Å². The molecular formula is C22H27N3O2. The summed E-state index contributed by atoms with van der Waals surface area (Å²) in [6.45, 7) is 4.50. The molecule has 0 aliphatic carbocycles. The first kappa shape index (κ1) is 19.0. The highest BCUT2D eigenvalue weighted by Crippen LogP contribution is 2.14. The zero-order valence-corrected chi connectivity index (χ0v) is 15.8. The van der Waals surface area contributed by atoms with Gasteiger partial charge in [-0.05, 0) is 54.7 Å². The maximum Gasteiger partial charge on any atom is 0.253 e. The molecule has 1 heterocycles. The Morgan fingerprint density at radius 1 is 0.926 bits per heavy atom. The highest BCUT2D eigenvalue weighted by Gasteiger charge is 2.19. The van der Waals surface area contributed by atoms with Crippen LogP contribution in [-0.2, 0) is 17.8 Å². The Kier molecular flexibility index (Phi) is 6.47. The molecule has 5 heteroatoms. The van der Waals surface area contributed by atoms with Gasteiger partial charge in [0.2, 0.25) is 5.91 Å². The number of likely N-dealkylation sites (tertiary alicyclic amines) is 1. The number of hydrogen-bond acceptors (Lipinski definition) is 3. The van der Waals surface area contributed by atoms with Gasteiger partial charge in [-0.3, -0.25) is 9.59 Å². The first-order valence-electron chi connectivity index (χ1n) is 9.63. The van der Waals surface area contributed by atoms with E-state index in [0.29, 0.717) is 12.1 Å². The largest absolute Gasteiger partial charge is 0.376 e. The summed E-state index contributed by atoms with van der Waals surface area (Å²) in [7, 11) is 0. The number of aryl methyl sites for hydroxylation is 1. The Morgan fingerprint density at radius 3 is 2.19 bits per heavy atom. The number of nitrogens with zero attached hydrogens (tertiary/aromatic N) is 1. The van der Waals surface area contributed by atoms with Gasteiger partial charge in [-0.2, -0.15) is 0 Å². The first-order valence-corrected chi connectivity index (χ1v) is 9.63. The molecule has 0 saturated carbocycles. The highest BCUT2D eigenvalue weighted by atomic mass is 16.2. The first-order chi connectivity index (χ1) is 13.2. The van der Waals surface area contributed by atoms with Crippen LogP contribution in [0.15, 0.2) is 48.5 Å².